The third kappa shape index (κ3) is 4.72. The van der Waals surface area contributed by atoms with Crippen molar-refractivity contribution >= 4 is 11.6 Å². The summed E-state index contributed by atoms with van der Waals surface area (Å²) in [6, 6.07) is 16.3. The lowest BCUT2D eigenvalue weighted by Crippen LogP contribution is -2.30. The van der Waals surface area contributed by atoms with Crippen LogP contribution in [0.4, 0.5) is 5.69 Å². The van der Waals surface area contributed by atoms with Gasteiger partial charge in [0.05, 0.1) is 6.54 Å². The quantitative estimate of drug-likeness (QED) is 0.880. The first-order valence-corrected chi connectivity index (χ1v) is 7.21. The van der Waals surface area contributed by atoms with Gasteiger partial charge < -0.3 is 10.6 Å². The zero-order valence-electron chi connectivity index (χ0n) is 12.8. The molecule has 2 aromatic carbocycles. The second-order valence-corrected chi connectivity index (χ2v) is 5.44. The van der Waals surface area contributed by atoms with Crippen molar-refractivity contribution in [1.29, 1.82) is 0 Å². The molecule has 0 saturated carbocycles. The molecule has 3 nitrogen and oxygen atoms in total. The lowest BCUT2D eigenvalue weighted by atomic mass is 10.1. The van der Waals surface area contributed by atoms with Crippen LogP contribution in [0.3, 0.4) is 0 Å². The molecular formula is C18H22N2O. The van der Waals surface area contributed by atoms with Gasteiger partial charge in [-0.3, -0.25) is 4.79 Å². The smallest absolute Gasteiger partial charge is 0.238 e. The minimum Gasteiger partial charge on any atom is -0.325 e. The van der Waals surface area contributed by atoms with Crippen molar-refractivity contribution in [2.45, 2.75) is 26.8 Å². The van der Waals surface area contributed by atoms with Crippen molar-refractivity contribution in [3.8, 4) is 0 Å². The number of hydrogen-bond donors (Lipinski definition) is 2. The molecule has 0 aromatic heterocycles. The highest BCUT2D eigenvalue weighted by molar-refractivity contribution is 5.92. The molecule has 0 aliphatic carbocycles. The summed E-state index contributed by atoms with van der Waals surface area (Å²) in [6.07, 6.45) is 0. The van der Waals surface area contributed by atoms with E-state index in [1.165, 1.54) is 5.56 Å². The largest absolute Gasteiger partial charge is 0.325 e. The van der Waals surface area contributed by atoms with E-state index in [4.69, 9.17) is 0 Å². The molecule has 0 fully saturated rings. The van der Waals surface area contributed by atoms with Crippen LogP contribution in [-0.4, -0.2) is 12.5 Å². The summed E-state index contributed by atoms with van der Waals surface area (Å²) in [5.74, 6) is -0.0252. The first-order chi connectivity index (χ1) is 10.0. The fraction of sp³-hybridized carbons (Fsp3) is 0.278. The standard InChI is InChI=1S/C18H22N2O/c1-13-9-14(2)11-17(10-13)20-18(21)12-19-15(3)16-7-5-4-6-8-16/h4-11,15,19H,12H2,1-3H3,(H,20,21)/t15-/m1/s1. The summed E-state index contributed by atoms with van der Waals surface area (Å²) < 4.78 is 0. The summed E-state index contributed by atoms with van der Waals surface area (Å²) in [6.45, 7) is 6.40. The lowest BCUT2D eigenvalue weighted by molar-refractivity contribution is -0.115. The number of benzene rings is 2. The van der Waals surface area contributed by atoms with Crippen LogP contribution in [0.15, 0.2) is 48.5 Å². The average Bonchev–Trinajstić information content (AvgIpc) is 2.44. The molecule has 0 radical (unpaired) electrons. The van der Waals surface area contributed by atoms with Gasteiger partial charge in [-0.2, -0.15) is 0 Å². The van der Waals surface area contributed by atoms with Gasteiger partial charge in [0, 0.05) is 11.7 Å². The Morgan fingerprint density at radius 3 is 2.29 bits per heavy atom. The molecule has 2 aromatic rings. The number of nitrogens with one attached hydrogen (secondary N) is 2. The van der Waals surface area contributed by atoms with Gasteiger partial charge >= 0.3 is 0 Å². The molecular weight excluding hydrogens is 260 g/mol. The SMILES string of the molecule is Cc1cc(C)cc(NC(=O)CN[C@H](C)c2ccccc2)c1. The number of hydrogen-bond acceptors (Lipinski definition) is 2. The van der Waals surface area contributed by atoms with Gasteiger partial charge in [-0.15, -0.1) is 0 Å². The van der Waals surface area contributed by atoms with Gasteiger partial charge in [-0.05, 0) is 49.6 Å². The molecule has 3 heteroatoms. The molecule has 2 N–H and O–H groups in total. The molecule has 1 amide bonds. The second-order valence-electron chi connectivity index (χ2n) is 5.44. The Bertz CT molecular complexity index is 588. The second kappa shape index (κ2) is 7.04. The number of aryl methyl sites for hydroxylation is 2. The summed E-state index contributed by atoms with van der Waals surface area (Å²) in [4.78, 5) is 12.0. The van der Waals surface area contributed by atoms with E-state index in [2.05, 4.69) is 35.8 Å². The van der Waals surface area contributed by atoms with Crippen molar-refractivity contribution in [3.63, 3.8) is 0 Å². The van der Waals surface area contributed by atoms with E-state index in [9.17, 15) is 4.79 Å². The summed E-state index contributed by atoms with van der Waals surface area (Å²) >= 11 is 0. The molecule has 0 unspecified atom stereocenters. The Labute approximate surface area is 126 Å². The van der Waals surface area contributed by atoms with Gasteiger partial charge in [0.1, 0.15) is 0 Å². The van der Waals surface area contributed by atoms with Crippen molar-refractivity contribution in [3.05, 3.63) is 65.2 Å². The Hall–Kier alpha value is -2.13. The third-order valence-electron chi connectivity index (χ3n) is 3.37. The molecule has 2 rings (SSSR count). The zero-order valence-corrected chi connectivity index (χ0v) is 12.8. The van der Waals surface area contributed by atoms with Crippen molar-refractivity contribution in [2.75, 3.05) is 11.9 Å². The minimum absolute atomic E-state index is 0.0252. The van der Waals surface area contributed by atoms with Crippen LogP contribution in [-0.2, 0) is 4.79 Å². The van der Waals surface area contributed by atoms with E-state index in [1.807, 2.05) is 44.2 Å². The van der Waals surface area contributed by atoms with Crippen LogP contribution in [0, 0.1) is 13.8 Å². The predicted octanol–water partition coefficient (Wildman–Crippen LogP) is 3.59. The van der Waals surface area contributed by atoms with Gasteiger partial charge in [-0.25, -0.2) is 0 Å². The van der Waals surface area contributed by atoms with Crippen LogP contribution in [0.25, 0.3) is 0 Å². The maximum absolute atomic E-state index is 12.0. The summed E-state index contributed by atoms with van der Waals surface area (Å²) in [5, 5.41) is 6.17. The monoisotopic (exact) mass is 282 g/mol. The minimum atomic E-state index is -0.0252. The summed E-state index contributed by atoms with van der Waals surface area (Å²) in [7, 11) is 0. The maximum atomic E-state index is 12.0. The maximum Gasteiger partial charge on any atom is 0.238 e. The summed E-state index contributed by atoms with van der Waals surface area (Å²) in [5.41, 5.74) is 4.33. The van der Waals surface area contributed by atoms with Crippen molar-refractivity contribution in [2.24, 2.45) is 0 Å². The van der Waals surface area contributed by atoms with E-state index in [1.54, 1.807) is 0 Å². The van der Waals surface area contributed by atoms with Crippen LogP contribution in [0.1, 0.15) is 29.7 Å². The van der Waals surface area contributed by atoms with Gasteiger partial charge in [0.2, 0.25) is 5.91 Å². The first-order valence-electron chi connectivity index (χ1n) is 7.21. The van der Waals surface area contributed by atoms with E-state index in [0.29, 0.717) is 6.54 Å². The highest BCUT2D eigenvalue weighted by atomic mass is 16.1. The Kier molecular flexibility index (Phi) is 5.12. The van der Waals surface area contributed by atoms with Gasteiger partial charge in [0.15, 0.2) is 0 Å². The fourth-order valence-electron chi connectivity index (χ4n) is 2.36. The number of carbonyl (C=O) groups excluding carboxylic acids is 1. The normalized spacial score (nSPS) is 12.0. The van der Waals surface area contributed by atoms with Crippen LogP contribution in [0.5, 0.6) is 0 Å². The number of anilines is 1. The molecule has 0 saturated heterocycles. The van der Waals surface area contributed by atoms with Crippen LogP contribution < -0.4 is 10.6 Å². The molecule has 110 valence electrons. The Balaban J connectivity index is 1.87. The number of amides is 1. The Morgan fingerprint density at radius 2 is 1.67 bits per heavy atom. The third-order valence-corrected chi connectivity index (χ3v) is 3.37. The lowest BCUT2D eigenvalue weighted by Gasteiger charge is -2.14. The van der Waals surface area contributed by atoms with E-state index < -0.39 is 0 Å². The van der Waals surface area contributed by atoms with Gasteiger partial charge in [-0.1, -0.05) is 36.4 Å². The molecule has 0 heterocycles. The van der Waals surface area contributed by atoms with E-state index in [0.717, 1.165) is 16.8 Å². The topological polar surface area (TPSA) is 41.1 Å². The molecule has 1 atom stereocenters. The first kappa shape index (κ1) is 15.3. The molecule has 21 heavy (non-hydrogen) atoms. The molecule has 0 aliphatic rings. The highest BCUT2D eigenvalue weighted by Crippen LogP contribution is 2.14. The zero-order chi connectivity index (χ0) is 15.2. The van der Waals surface area contributed by atoms with Gasteiger partial charge in [0.25, 0.3) is 0 Å². The fourth-order valence-corrected chi connectivity index (χ4v) is 2.36. The van der Waals surface area contributed by atoms with Crippen molar-refractivity contribution < 1.29 is 4.79 Å². The molecule has 0 aliphatic heterocycles. The number of rotatable bonds is 5. The highest BCUT2D eigenvalue weighted by Gasteiger charge is 2.07. The predicted molar refractivity (Wildman–Crippen MR) is 87.4 cm³/mol. The molecule has 0 spiro atoms. The van der Waals surface area contributed by atoms with Crippen LogP contribution >= 0.6 is 0 Å². The average molecular weight is 282 g/mol. The van der Waals surface area contributed by atoms with E-state index >= 15 is 0 Å². The van der Waals surface area contributed by atoms with Crippen molar-refractivity contribution in [1.82, 2.24) is 5.32 Å². The Morgan fingerprint density at radius 1 is 1.05 bits per heavy atom. The van der Waals surface area contributed by atoms with E-state index in [-0.39, 0.29) is 11.9 Å². The molecule has 0 bridgehead atoms. The van der Waals surface area contributed by atoms with Crippen LogP contribution in [0.2, 0.25) is 0 Å². The number of carbonyl (C=O) groups is 1.